The predicted octanol–water partition coefficient (Wildman–Crippen LogP) is 2.05. The van der Waals surface area contributed by atoms with E-state index in [9.17, 15) is 9.59 Å². The second kappa shape index (κ2) is 7.97. The topological polar surface area (TPSA) is 80.1 Å². The molecule has 2 aliphatic rings. The van der Waals surface area contributed by atoms with Gasteiger partial charge in [-0.1, -0.05) is 44.7 Å². The van der Waals surface area contributed by atoms with Gasteiger partial charge in [0, 0.05) is 6.04 Å². The van der Waals surface area contributed by atoms with Crippen LogP contribution in [0.15, 0.2) is 6.20 Å². The van der Waals surface area contributed by atoms with Gasteiger partial charge in [-0.2, -0.15) is 0 Å². The first-order valence-electron chi connectivity index (χ1n) is 9.52. The Kier molecular flexibility index (Phi) is 5.71. The molecule has 0 saturated heterocycles. The molecule has 7 heteroatoms. The maximum Gasteiger partial charge on any atom is 0.248 e. The van der Waals surface area contributed by atoms with E-state index in [1.807, 2.05) is 0 Å². The van der Waals surface area contributed by atoms with Crippen molar-refractivity contribution in [2.45, 2.75) is 77.4 Å². The molecule has 0 aromatic carbocycles. The summed E-state index contributed by atoms with van der Waals surface area (Å²) in [7, 11) is 0. The Bertz CT molecular complexity index is 604. The number of nitrogens with zero attached hydrogens (tertiary/aromatic N) is 4. The maximum absolute atomic E-state index is 12.9. The molecule has 1 aromatic heterocycles. The highest BCUT2D eigenvalue weighted by Crippen LogP contribution is 2.26. The van der Waals surface area contributed by atoms with Crippen molar-refractivity contribution in [1.29, 1.82) is 0 Å². The summed E-state index contributed by atoms with van der Waals surface area (Å²) >= 11 is 0. The fourth-order valence-electron chi connectivity index (χ4n) is 3.88. The molecule has 1 atom stereocenters. The van der Waals surface area contributed by atoms with Crippen molar-refractivity contribution >= 4 is 11.8 Å². The Morgan fingerprint density at radius 1 is 1.28 bits per heavy atom. The van der Waals surface area contributed by atoms with Crippen LogP contribution in [0.3, 0.4) is 0 Å². The number of hydrogen-bond donors (Lipinski definition) is 1. The van der Waals surface area contributed by atoms with Crippen LogP contribution in [0.5, 0.6) is 0 Å². The summed E-state index contributed by atoms with van der Waals surface area (Å²) in [6.45, 7) is 4.69. The molecule has 138 valence electrons. The monoisotopic (exact) mass is 347 g/mol. The standard InChI is InChI=1S/C18H29N5O2/c1-13(2)9-16-18(25)22(11-15-10-19-21-23(15)16)12-17(24)20-14-7-5-3-4-6-8-14/h10,13-14,16H,3-9,11-12H2,1-2H3,(H,20,24). The average molecular weight is 347 g/mol. The first kappa shape index (κ1) is 17.9. The number of nitrogens with one attached hydrogen (secondary N) is 1. The van der Waals surface area contributed by atoms with Crippen LogP contribution in [-0.4, -0.2) is 44.3 Å². The number of carbonyl (C=O) groups excluding carboxylic acids is 2. The lowest BCUT2D eigenvalue weighted by molar-refractivity contribution is -0.142. The molecule has 1 N–H and O–H groups in total. The molecule has 2 amide bonds. The van der Waals surface area contributed by atoms with Gasteiger partial charge in [0.1, 0.15) is 12.6 Å². The Labute approximate surface area is 149 Å². The molecule has 0 bridgehead atoms. The molecule has 1 saturated carbocycles. The summed E-state index contributed by atoms with van der Waals surface area (Å²) in [5, 5.41) is 11.2. The zero-order valence-corrected chi connectivity index (χ0v) is 15.3. The molecule has 7 nitrogen and oxygen atoms in total. The van der Waals surface area contributed by atoms with Crippen molar-refractivity contribution in [3.8, 4) is 0 Å². The summed E-state index contributed by atoms with van der Waals surface area (Å²) in [4.78, 5) is 27.0. The van der Waals surface area contributed by atoms with Crippen LogP contribution in [-0.2, 0) is 16.1 Å². The molecule has 25 heavy (non-hydrogen) atoms. The molecule has 1 fully saturated rings. The van der Waals surface area contributed by atoms with Gasteiger partial charge in [0.05, 0.1) is 18.4 Å². The third-order valence-electron chi connectivity index (χ3n) is 5.14. The quantitative estimate of drug-likeness (QED) is 0.827. The predicted molar refractivity (Wildman–Crippen MR) is 93.6 cm³/mol. The van der Waals surface area contributed by atoms with Crippen LogP contribution in [0.1, 0.15) is 70.5 Å². The van der Waals surface area contributed by atoms with Gasteiger partial charge in [-0.3, -0.25) is 9.59 Å². The normalized spacial score (nSPS) is 22.0. The van der Waals surface area contributed by atoms with Crippen LogP contribution in [0.2, 0.25) is 0 Å². The Hall–Kier alpha value is -1.92. The van der Waals surface area contributed by atoms with Crippen LogP contribution in [0, 0.1) is 5.92 Å². The second-order valence-electron chi connectivity index (χ2n) is 7.77. The fraction of sp³-hybridized carbons (Fsp3) is 0.778. The van der Waals surface area contributed by atoms with Crippen LogP contribution in [0.4, 0.5) is 0 Å². The van der Waals surface area contributed by atoms with Crippen molar-refractivity contribution < 1.29 is 9.59 Å². The highest BCUT2D eigenvalue weighted by Gasteiger charge is 2.35. The van der Waals surface area contributed by atoms with E-state index in [1.54, 1.807) is 15.8 Å². The molecule has 3 rings (SSSR count). The average Bonchev–Trinajstić information content (AvgIpc) is 2.87. The second-order valence-corrected chi connectivity index (χ2v) is 7.77. The van der Waals surface area contributed by atoms with Gasteiger partial charge in [0.25, 0.3) is 0 Å². The highest BCUT2D eigenvalue weighted by atomic mass is 16.2. The summed E-state index contributed by atoms with van der Waals surface area (Å²) in [6.07, 6.45) is 9.35. The fourth-order valence-corrected chi connectivity index (χ4v) is 3.88. The van der Waals surface area contributed by atoms with Gasteiger partial charge in [-0.15, -0.1) is 5.10 Å². The minimum atomic E-state index is -0.350. The minimum absolute atomic E-state index is 0.0253. The Morgan fingerprint density at radius 2 is 2.00 bits per heavy atom. The van der Waals surface area contributed by atoms with Gasteiger partial charge in [-0.25, -0.2) is 4.68 Å². The van der Waals surface area contributed by atoms with Gasteiger partial charge in [0.15, 0.2) is 0 Å². The molecule has 1 unspecified atom stereocenters. The zero-order chi connectivity index (χ0) is 17.8. The van der Waals surface area contributed by atoms with Crippen LogP contribution in [0.25, 0.3) is 0 Å². The lowest BCUT2D eigenvalue weighted by atomic mass is 10.0. The third kappa shape index (κ3) is 4.38. The largest absolute Gasteiger partial charge is 0.352 e. The minimum Gasteiger partial charge on any atom is -0.352 e. The molecule has 1 aromatic rings. The molecule has 0 radical (unpaired) electrons. The first-order valence-corrected chi connectivity index (χ1v) is 9.52. The van der Waals surface area contributed by atoms with Gasteiger partial charge in [0.2, 0.25) is 11.8 Å². The molecular formula is C18H29N5O2. The lowest BCUT2D eigenvalue weighted by Crippen LogP contribution is -2.49. The summed E-state index contributed by atoms with van der Waals surface area (Å²) in [5.74, 6) is 0.290. The van der Waals surface area contributed by atoms with E-state index in [0.717, 1.165) is 18.5 Å². The van der Waals surface area contributed by atoms with Crippen LogP contribution >= 0.6 is 0 Å². The van der Waals surface area contributed by atoms with Gasteiger partial charge < -0.3 is 10.2 Å². The van der Waals surface area contributed by atoms with E-state index in [0.29, 0.717) is 18.9 Å². The lowest BCUT2D eigenvalue weighted by Gasteiger charge is -2.33. The van der Waals surface area contributed by atoms with E-state index >= 15 is 0 Å². The van der Waals surface area contributed by atoms with E-state index in [-0.39, 0.29) is 30.4 Å². The van der Waals surface area contributed by atoms with Gasteiger partial charge >= 0.3 is 0 Å². The maximum atomic E-state index is 12.9. The molecular weight excluding hydrogens is 318 g/mol. The number of amides is 2. The summed E-state index contributed by atoms with van der Waals surface area (Å²) in [6, 6.07) is -0.0921. The highest BCUT2D eigenvalue weighted by molar-refractivity contribution is 5.87. The molecule has 1 aliphatic heterocycles. The van der Waals surface area contributed by atoms with Gasteiger partial charge in [-0.05, 0) is 25.2 Å². The zero-order valence-electron chi connectivity index (χ0n) is 15.3. The van der Waals surface area contributed by atoms with Crippen molar-refractivity contribution in [1.82, 2.24) is 25.2 Å². The smallest absolute Gasteiger partial charge is 0.248 e. The molecule has 1 aliphatic carbocycles. The van der Waals surface area contributed by atoms with Crippen LogP contribution < -0.4 is 5.32 Å². The summed E-state index contributed by atoms with van der Waals surface area (Å²) in [5.41, 5.74) is 0.896. The number of rotatable bonds is 5. The van der Waals surface area contributed by atoms with Crippen molar-refractivity contribution in [2.75, 3.05) is 6.54 Å². The Balaban J connectivity index is 1.63. The van der Waals surface area contributed by atoms with E-state index in [2.05, 4.69) is 29.5 Å². The Morgan fingerprint density at radius 3 is 2.68 bits per heavy atom. The van der Waals surface area contributed by atoms with Crippen molar-refractivity contribution in [3.05, 3.63) is 11.9 Å². The van der Waals surface area contributed by atoms with Crippen molar-refractivity contribution in [2.24, 2.45) is 5.92 Å². The number of fused-ring (bicyclic) bond motifs is 1. The van der Waals surface area contributed by atoms with E-state index in [1.165, 1.54) is 25.7 Å². The SMILES string of the molecule is CC(C)CC1C(=O)N(CC(=O)NC2CCCCCC2)Cc2cnnn21. The number of hydrogen-bond acceptors (Lipinski definition) is 4. The number of aromatic nitrogens is 3. The van der Waals surface area contributed by atoms with E-state index in [4.69, 9.17) is 0 Å². The first-order chi connectivity index (χ1) is 12.0. The summed E-state index contributed by atoms with van der Waals surface area (Å²) < 4.78 is 1.72. The molecule has 2 heterocycles. The van der Waals surface area contributed by atoms with Crippen molar-refractivity contribution in [3.63, 3.8) is 0 Å². The molecule has 0 spiro atoms. The number of carbonyl (C=O) groups is 2. The third-order valence-corrected chi connectivity index (χ3v) is 5.14. The van der Waals surface area contributed by atoms with E-state index < -0.39 is 0 Å².